The first-order valence-electron chi connectivity index (χ1n) is 3.17. The summed E-state index contributed by atoms with van der Waals surface area (Å²) in [5.41, 5.74) is 0. The molecule has 1 heterocycles. The van der Waals surface area contributed by atoms with Crippen LogP contribution in [0, 0.1) is 6.13 Å². The minimum absolute atomic E-state index is 0.929. The minimum atomic E-state index is 0.929. The zero-order chi connectivity index (χ0) is 6.69. The van der Waals surface area contributed by atoms with E-state index in [-0.39, 0.29) is 0 Å². The molecular weight excluding hydrogens is 131 g/mol. The molecular formula is C6H12N2P+. The predicted molar refractivity (Wildman–Crippen MR) is 40.9 cm³/mol. The van der Waals surface area contributed by atoms with Crippen LogP contribution in [0.1, 0.15) is 0 Å². The van der Waals surface area contributed by atoms with Crippen molar-refractivity contribution in [3.63, 3.8) is 0 Å². The first kappa shape index (κ1) is 7.24. The predicted octanol–water partition coefficient (Wildman–Crippen LogP) is 0.684. The summed E-state index contributed by atoms with van der Waals surface area (Å²) in [6, 6.07) is 0. The average Bonchev–Trinajstić information content (AvgIpc) is 1.90. The van der Waals surface area contributed by atoms with Gasteiger partial charge in [0.15, 0.2) is 0 Å². The molecule has 0 saturated carbocycles. The van der Waals surface area contributed by atoms with Crippen molar-refractivity contribution in [2.24, 2.45) is 0 Å². The van der Waals surface area contributed by atoms with Crippen molar-refractivity contribution in [1.82, 2.24) is 9.57 Å². The Morgan fingerprint density at radius 2 is 1.78 bits per heavy atom. The molecule has 0 aromatic rings. The van der Waals surface area contributed by atoms with Gasteiger partial charge >= 0.3 is 57.1 Å². The third-order valence-corrected chi connectivity index (χ3v) is 2.37. The van der Waals surface area contributed by atoms with Crippen molar-refractivity contribution in [2.75, 3.05) is 33.2 Å². The number of piperazine rings is 1. The summed E-state index contributed by atoms with van der Waals surface area (Å²) in [5.74, 6) is 0. The molecule has 50 valence electrons. The van der Waals surface area contributed by atoms with Crippen molar-refractivity contribution in [3.8, 4) is 6.13 Å². The van der Waals surface area contributed by atoms with E-state index in [1.54, 1.807) is 0 Å². The molecule has 0 unspecified atom stereocenters. The van der Waals surface area contributed by atoms with E-state index in [4.69, 9.17) is 6.13 Å². The van der Waals surface area contributed by atoms with Crippen LogP contribution in [0.3, 0.4) is 0 Å². The van der Waals surface area contributed by atoms with Crippen LogP contribution < -0.4 is 0 Å². The van der Waals surface area contributed by atoms with Gasteiger partial charge in [-0.05, 0) is 0 Å². The van der Waals surface area contributed by atoms with Gasteiger partial charge in [-0.1, -0.05) is 0 Å². The van der Waals surface area contributed by atoms with E-state index < -0.39 is 0 Å². The van der Waals surface area contributed by atoms with Crippen molar-refractivity contribution < 1.29 is 0 Å². The summed E-state index contributed by atoms with van der Waals surface area (Å²) >= 11 is 0. The van der Waals surface area contributed by atoms with Gasteiger partial charge in [0.1, 0.15) is 0 Å². The van der Waals surface area contributed by atoms with Crippen LogP contribution in [0.2, 0.25) is 0 Å². The Bertz CT molecular complexity index is 122. The molecule has 1 aliphatic rings. The van der Waals surface area contributed by atoms with Crippen LogP contribution in [0.5, 0.6) is 0 Å². The second-order valence-corrected chi connectivity index (χ2v) is 3.17. The zero-order valence-electron chi connectivity index (χ0n) is 5.75. The number of rotatable bonds is 0. The Balaban J connectivity index is 2.28. The zero-order valence-corrected chi connectivity index (χ0v) is 6.64. The SMILES string of the molecule is C#[P+]N1CCN(C)CC1. The summed E-state index contributed by atoms with van der Waals surface area (Å²) in [6.07, 6.45) is 5.43. The van der Waals surface area contributed by atoms with Gasteiger partial charge in [0.2, 0.25) is 0 Å². The van der Waals surface area contributed by atoms with Crippen LogP contribution >= 0.6 is 8.19 Å². The molecule has 1 fully saturated rings. The molecule has 0 atom stereocenters. The van der Waals surface area contributed by atoms with Crippen LogP contribution in [0.4, 0.5) is 0 Å². The fourth-order valence-corrected chi connectivity index (χ4v) is 1.32. The van der Waals surface area contributed by atoms with Crippen molar-refractivity contribution in [3.05, 3.63) is 0 Å². The van der Waals surface area contributed by atoms with E-state index >= 15 is 0 Å². The average molecular weight is 143 g/mol. The van der Waals surface area contributed by atoms with Crippen LogP contribution in [-0.4, -0.2) is 42.8 Å². The number of likely N-dealkylation sites (N-methyl/N-ethyl adjacent to an activating group) is 1. The van der Waals surface area contributed by atoms with Gasteiger partial charge in [-0.15, -0.1) is 0 Å². The molecule has 1 saturated heterocycles. The van der Waals surface area contributed by atoms with Crippen molar-refractivity contribution >= 4 is 8.19 Å². The summed E-state index contributed by atoms with van der Waals surface area (Å²) in [4.78, 5) is 2.32. The molecule has 0 amide bonds. The standard InChI is InChI=1S/C6H12N2P/c1-7-3-5-8(9-2)6-4-7/h2H,3-6H2,1H3/q+1. The molecule has 0 aromatic carbocycles. The van der Waals surface area contributed by atoms with Gasteiger partial charge in [-0.25, -0.2) is 0 Å². The van der Waals surface area contributed by atoms with Crippen LogP contribution in [0.15, 0.2) is 0 Å². The van der Waals surface area contributed by atoms with E-state index in [1.807, 2.05) is 0 Å². The van der Waals surface area contributed by atoms with E-state index in [1.165, 1.54) is 0 Å². The Morgan fingerprint density at radius 1 is 1.22 bits per heavy atom. The van der Waals surface area contributed by atoms with Crippen molar-refractivity contribution in [2.45, 2.75) is 0 Å². The summed E-state index contributed by atoms with van der Waals surface area (Å²) in [6.45, 7) is 4.55. The molecule has 3 heteroatoms. The molecule has 0 bridgehead atoms. The van der Waals surface area contributed by atoms with E-state index in [9.17, 15) is 0 Å². The normalized spacial score (nSPS) is 24.0. The summed E-state index contributed by atoms with van der Waals surface area (Å²) in [5, 5.41) is 0. The molecule has 0 N–H and O–H groups in total. The van der Waals surface area contributed by atoms with Crippen LogP contribution in [-0.2, 0) is 0 Å². The Hall–Kier alpha value is 0.130. The second-order valence-electron chi connectivity index (χ2n) is 2.37. The van der Waals surface area contributed by atoms with Crippen molar-refractivity contribution in [1.29, 1.82) is 0 Å². The van der Waals surface area contributed by atoms with E-state index in [0.29, 0.717) is 0 Å². The van der Waals surface area contributed by atoms with Gasteiger partial charge in [0.25, 0.3) is 0 Å². The molecule has 2 nitrogen and oxygen atoms in total. The summed E-state index contributed by atoms with van der Waals surface area (Å²) in [7, 11) is 3.07. The second kappa shape index (κ2) is 3.34. The molecule has 0 aromatic heterocycles. The Morgan fingerprint density at radius 3 is 2.22 bits per heavy atom. The van der Waals surface area contributed by atoms with Gasteiger partial charge in [0, 0.05) is 0 Å². The molecule has 0 radical (unpaired) electrons. The Kier molecular flexibility index (Phi) is 2.68. The molecule has 0 spiro atoms. The van der Waals surface area contributed by atoms with Gasteiger partial charge in [0.05, 0.1) is 0 Å². The molecule has 0 aliphatic carbocycles. The maximum absolute atomic E-state index is 5.43. The van der Waals surface area contributed by atoms with Gasteiger partial charge in [-0.3, -0.25) is 0 Å². The fourth-order valence-electron chi connectivity index (χ4n) is 0.911. The van der Waals surface area contributed by atoms with Crippen LogP contribution in [0.25, 0.3) is 0 Å². The number of hydrogen-bond donors (Lipinski definition) is 0. The third kappa shape index (κ3) is 2.08. The number of nitrogens with zero attached hydrogens (tertiary/aromatic N) is 2. The summed E-state index contributed by atoms with van der Waals surface area (Å²) < 4.78 is 2.24. The molecule has 9 heavy (non-hydrogen) atoms. The first-order chi connectivity index (χ1) is 4.33. The van der Waals surface area contributed by atoms with E-state index in [2.05, 4.69) is 16.6 Å². The van der Waals surface area contributed by atoms with E-state index in [0.717, 1.165) is 34.4 Å². The van der Waals surface area contributed by atoms with Gasteiger partial charge in [-0.2, -0.15) is 0 Å². The van der Waals surface area contributed by atoms with Gasteiger partial charge < -0.3 is 0 Å². The topological polar surface area (TPSA) is 6.48 Å². The third-order valence-electron chi connectivity index (χ3n) is 1.64. The molecule has 1 aliphatic heterocycles. The Labute approximate surface area is 58.0 Å². The maximum atomic E-state index is 5.43. The quantitative estimate of drug-likeness (QED) is 0.460. The number of hydrogen-bond acceptors (Lipinski definition) is 2. The first-order valence-corrected chi connectivity index (χ1v) is 4.09. The fraction of sp³-hybridized carbons (Fsp3) is 0.833. The monoisotopic (exact) mass is 143 g/mol. The molecule has 1 rings (SSSR count).